The third-order valence-corrected chi connectivity index (χ3v) is 6.91. The Morgan fingerprint density at radius 1 is 1.22 bits per heavy atom. The molecule has 3 heterocycles. The van der Waals surface area contributed by atoms with Crippen molar-refractivity contribution < 1.29 is 22.0 Å². The Labute approximate surface area is 210 Å². The van der Waals surface area contributed by atoms with Gasteiger partial charge in [0.25, 0.3) is 0 Å². The van der Waals surface area contributed by atoms with Crippen LogP contribution in [0.15, 0.2) is 30.0 Å². The average Bonchev–Trinajstić information content (AvgIpc) is 3.12. The first-order valence-corrected chi connectivity index (χ1v) is 12.1. The van der Waals surface area contributed by atoms with Crippen LogP contribution in [0.5, 0.6) is 0 Å². The topological polar surface area (TPSA) is 61.2 Å². The van der Waals surface area contributed by atoms with Crippen molar-refractivity contribution in [1.82, 2.24) is 20.1 Å². The molecule has 2 aliphatic rings. The minimum Gasteiger partial charge on any atom is -0.387 e. The predicted octanol–water partition coefficient (Wildman–Crippen LogP) is 6.19. The first-order valence-electron chi connectivity index (χ1n) is 12.1. The lowest BCUT2D eigenvalue weighted by Gasteiger charge is -2.40. The van der Waals surface area contributed by atoms with E-state index in [1.807, 2.05) is 0 Å². The van der Waals surface area contributed by atoms with Crippen LogP contribution in [0.25, 0.3) is 21.3 Å². The number of benzene rings is 1. The number of anilines is 1. The van der Waals surface area contributed by atoms with Gasteiger partial charge in [-0.05, 0) is 48.9 Å². The highest BCUT2D eigenvalue weighted by Gasteiger charge is 2.33. The minimum atomic E-state index is -4.43. The number of aryl methyl sites for hydroxylation is 1. The average molecular weight is 517 g/mol. The number of hydrogen-bond acceptors (Lipinski definition) is 4. The second-order valence-corrected chi connectivity index (χ2v) is 9.49. The summed E-state index contributed by atoms with van der Waals surface area (Å²) in [6.45, 7) is 9.41. The van der Waals surface area contributed by atoms with Crippen LogP contribution in [-0.4, -0.2) is 58.6 Å². The monoisotopic (exact) mass is 516 g/mol. The van der Waals surface area contributed by atoms with Gasteiger partial charge in [0, 0.05) is 31.4 Å². The van der Waals surface area contributed by atoms with E-state index >= 15 is 0 Å². The summed E-state index contributed by atoms with van der Waals surface area (Å²) in [6.07, 6.45) is -2.60. The number of likely N-dealkylation sites (tertiary alicyclic amines) is 1. The third-order valence-electron chi connectivity index (χ3n) is 6.91. The molecule has 11 heteroatoms. The Kier molecular flexibility index (Phi) is 6.86. The molecule has 0 unspecified atom stereocenters. The fraction of sp³-hybridized carbons (Fsp3) is 0.423. The van der Waals surface area contributed by atoms with Gasteiger partial charge in [-0.25, -0.2) is 4.85 Å². The van der Waals surface area contributed by atoms with Gasteiger partial charge in [-0.15, -0.1) is 0 Å². The van der Waals surface area contributed by atoms with Crippen molar-refractivity contribution in [1.29, 1.82) is 0 Å². The number of hydrogen-bond donors (Lipinski definition) is 2. The fourth-order valence-corrected chi connectivity index (χ4v) is 5.30. The Hall–Kier alpha value is -3.52. The summed E-state index contributed by atoms with van der Waals surface area (Å²) in [7, 11) is 0. The molecule has 37 heavy (non-hydrogen) atoms. The lowest BCUT2D eigenvalue weighted by atomic mass is 9.90. The van der Waals surface area contributed by atoms with E-state index in [1.165, 1.54) is 12.3 Å². The number of allylic oxidation sites excluding steroid dienone is 1. The second kappa shape index (κ2) is 10.1. The van der Waals surface area contributed by atoms with Crippen LogP contribution in [-0.2, 0) is 6.42 Å². The summed E-state index contributed by atoms with van der Waals surface area (Å²) in [4.78, 5) is 10.2. The van der Waals surface area contributed by atoms with Gasteiger partial charge in [0.1, 0.15) is 0 Å². The zero-order valence-corrected chi connectivity index (χ0v) is 19.9. The molecule has 3 aromatic rings. The van der Waals surface area contributed by atoms with Crippen LogP contribution in [0.2, 0.25) is 0 Å². The number of alkyl halides is 4. The van der Waals surface area contributed by atoms with Crippen molar-refractivity contribution in [3.8, 4) is 0 Å². The molecular weight excluding hydrogens is 491 g/mol. The molecule has 0 atom stereocenters. The highest BCUT2D eigenvalue weighted by atomic mass is 19.4. The largest absolute Gasteiger partial charge is 0.392 e. The molecule has 2 N–H and O–H groups in total. The van der Waals surface area contributed by atoms with Gasteiger partial charge in [-0.3, -0.25) is 19.4 Å². The van der Waals surface area contributed by atoms with Gasteiger partial charge in [0.15, 0.2) is 0 Å². The van der Waals surface area contributed by atoms with E-state index in [1.54, 1.807) is 12.1 Å². The maximum Gasteiger partial charge on any atom is 0.392 e. The molecule has 194 valence electrons. The molecule has 1 aliphatic carbocycles. The first-order chi connectivity index (χ1) is 17.8. The summed E-state index contributed by atoms with van der Waals surface area (Å²) in [5.74, 6) is -0.624. The van der Waals surface area contributed by atoms with Crippen LogP contribution < -0.4 is 5.32 Å². The minimum absolute atomic E-state index is 0.0729. The molecule has 0 bridgehead atoms. The number of pyridine rings is 1. The number of rotatable bonds is 7. The quantitative estimate of drug-likeness (QED) is 0.290. The van der Waals surface area contributed by atoms with E-state index in [9.17, 15) is 22.0 Å². The van der Waals surface area contributed by atoms with Crippen molar-refractivity contribution in [2.75, 3.05) is 31.6 Å². The summed E-state index contributed by atoms with van der Waals surface area (Å²) < 4.78 is 67.8. The first kappa shape index (κ1) is 25.1. The molecule has 0 spiro atoms. The molecular formula is C26H25F5N6. The molecule has 6 nitrogen and oxygen atoms in total. The summed E-state index contributed by atoms with van der Waals surface area (Å²) in [5.41, 5.74) is 2.93. The zero-order chi connectivity index (χ0) is 26.2. The van der Waals surface area contributed by atoms with E-state index in [2.05, 4.69) is 30.2 Å². The lowest BCUT2D eigenvalue weighted by Crippen LogP contribution is -2.54. The molecule has 2 aromatic heterocycles. The van der Waals surface area contributed by atoms with Gasteiger partial charge >= 0.3 is 6.18 Å². The highest BCUT2D eigenvalue weighted by Crippen LogP contribution is 2.42. The van der Waals surface area contributed by atoms with Crippen LogP contribution >= 0.6 is 0 Å². The number of aromatic nitrogens is 3. The number of nitrogens with one attached hydrogen (secondary N) is 2. The maximum atomic E-state index is 14.6. The Balaban J connectivity index is 1.54. The molecule has 0 radical (unpaired) electrons. The maximum absolute atomic E-state index is 14.6. The second-order valence-electron chi connectivity index (χ2n) is 9.49. The van der Waals surface area contributed by atoms with Crippen LogP contribution in [0, 0.1) is 12.5 Å². The molecule has 1 aromatic carbocycles. The van der Waals surface area contributed by atoms with Gasteiger partial charge in [-0.2, -0.15) is 22.7 Å². The van der Waals surface area contributed by atoms with E-state index in [4.69, 9.17) is 6.57 Å². The fourth-order valence-electron chi connectivity index (χ4n) is 5.30. The SMILES string of the molecule is [C-]#[N+]c1cc(C2=C(CC(F)(F)F)CCCc3c2ccc2n[nH]c(F)c32)ncc1NC1CN(CCCF)C1. The van der Waals surface area contributed by atoms with Crippen molar-refractivity contribution in [2.24, 2.45) is 0 Å². The van der Waals surface area contributed by atoms with Crippen molar-refractivity contribution in [3.63, 3.8) is 0 Å². The molecule has 0 amide bonds. The molecule has 1 aliphatic heterocycles. The van der Waals surface area contributed by atoms with Crippen LogP contribution in [0.4, 0.5) is 33.3 Å². The molecule has 1 fully saturated rings. The lowest BCUT2D eigenvalue weighted by molar-refractivity contribution is -0.127. The van der Waals surface area contributed by atoms with E-state index in [-0.39, 0.29) is 41.5 Å². The van der Waals surface area contributed by atoms with Gasteiger partial charge in [0.2, 0.25) is 11.6 Å². The standard InChI is InChI=1S/C26H25F5N6/c1-32-20-10-21(33-12-22(20)34-16-13-37(14-16)9-3-8-27)23-15(11-26(29,30)31)4-2-5-17-18(23)6-7-19-24(17)25(28)36-35-19/h6-7,10,12,16,34H,2-5,8-9,11,13-14H2,(H,35,36). The Bertz CT molecular complexity index is 1380. The molecule has 0 saturated carbocycles. The number of aromatic amines is 1. The van der Waals surface area contributed by atoms with Crippen molar-refractivity contribution in [2.45, 2.75) is 44.3 Å². The Morgan fingerprint density at radius 2 is 2.03 bits per heavy atom. The van der Waals surface area contributed by atoms with Gasteiger partial charge in [-0.1, -0.05) is 11.6 Å². The predicted molar refractivity (Wildman–Crippen MR) is 131 cm³/mol. The van der Waals surface area contributed by atoms with E-state index in [0.29, 0.717) is 66.8 Å². The number of nitrogens with zero attached hydrogens (tertiary/aromatic N) is 4. The van der Waals surface area contributed by atoms with Crippen LogP contribution in [0.3, 0.4) is 0 Å². The summed E-state index contributed by atoms with van der Waals surface area (Å²) in [5, 5.41) is 9.82. The number of halogens is 5. The summed E-state index contributed by atoms with van der Waals surface area (Å²) in [6, 6.07) is 4.83. The summed E-state index contributed by atoms with van der Waals surface area (Å²) >= 11 is 0. The number of H-pyrrole nitrogens is 1. The van der Waals surface area contributed by atoms with Gasteiger partial charge in [0.05, 0.1) is 48.0 Å². The zero-order valence-electron chi connectivity index (χ0n) is 19.9. The highest BCUT2D eigenvalue weighted by molar-refractivity contribution is 5.93. The van der Waals surface area contributed by atoms with E-state index in [0.717, 1.165) is 0 Å². The van der Waals surface area contributed by atoms with Gasteiger partial charge < -0.3 is 5.32 Å². The van der Waals surface area contributed by atoms with Crippen molar-refractivity contribution >= 4 is 27.9 Å². The number of fused-ring (bicyclic) bond motifs is 3. The molecule has 5 rings (SSSR count). The smallest absolute Gasteiger partial charge is 0.387 e. The van der Waals surface area contributed by atoms with Crippen LogP contribution in [0.1, 0.15) is 42.5 Å². The van der Waals surface area contributed by atoms with Crippen molar-refractivity contribution in [3.05, 3.63) is 64.2 Å². The molecule has 1 saturated heterocycles. The van der Waals surface area contributed by atoms with E-state index < -0.39 is 18.5 Å². The third kappa shape index (κ3) is 5.16. The Morgan fingerprint density at radius 3 is 2.76 bits per heavy atom. The normalized spacial score (nSPS) is 16.9.